The number of benzene rings is 2. The van der Waals surface area contributed by atoms with E-state index in [2.05, 4.69) is 10.5 Å². The molecule has 0 heterocycles. The van der Waals surface area contributed by atoms with Crippen molar-refractivity contribution in [2.45, 2.75) is 20.3 Å². The number of nitrogens with one attached hydrogen (secondary N) is 1. The Morgan fingerprint density at radius 3 is 2.44 bits per heavy atom. The number of amides is 1. The Morgan fingerprint density at radius 1 is 1.07 bits per heavy atom. The van der Waals surface area contributed by atoms with E-state index < -0.39 is 0 Å². The number of carbonyl (C=O) groups excluding carboxylic acids is 1. The van der Waals surface area contributed by atoms with Crippen LogP contribution in [-0.2, 0) is 11.2 Å². The molecule has 0 radical (unpaired) electrons. The molecule has 2 aromatic rings. The van der Waals surface area contributed by atoms with Crippen LogP contribution in [0.3, 0.4) is 0 Å². The lowest BCUT2D eigenvalue weighted by Gasteiger charge is -2.10. The van der Waals surface area contributed by atoms with Crippen molar-refractivity contribution in [3.8, 4) is 17.2 Å². The molecular formula is C20H23ClN2O4. The Morgan fingerprint density at radius 2 is 1.78 bits per heavy atom. The largest absolute Gasteiger partial charge is 0.493 e. The van der Waals surface area contributed by atoms with E-state index in [9.17, 15) is 4.79 Å². The van der Waals surface area contributed by atoms with Crippen LogP contribution in [0.25, 0.3) is 0 Å². The number of rotatable bonds is 8. The van der Waals surface area contributed by atoms with Gasteiger partial charge in [-0.15, -0.1) is 0 Å². The number of ether oxygens (including phenoxy) is 3. The van der Waals surface area contributed by atoms with Crippen LogP contribution >= 0.6 is 11.6 Å². The first-order valence-electron chi connectivity index (χ1n) is 8.34. The number of methoxy groups -OCH3 is 2. The highest BCUT2D eigenvalue weighted by atomic mass is 35.5. The summed E-state index contributed by atoms with van der Waals surface area (Å²) in [5.74, 6) is 1.59. The van der Waals surface area contributed by atoms with Gasteiger partial charge in [0.2, 0.25) is 0 Å². The summed E-state index contributed by atoms with van der Waals surface area (Å²) in [6.07, 6.45) is 0.567. The minimum absolute atomic E-state index is 0.129. The highest BCUT2D eigenvalue weighted by Crippen LogP contribution is 2.27. The molecule has 0 fully saturated rings. The lowest BCUT2D eigenvalue weighted by atomic mass is 10.1. The van der Waals surface area contributed by atoms with Crippen LogP contribution in [0.15, 0.2) is 41.5 Å². The molecule has 0 aliphatic rings. The van der Waals surface area contributed by atoms with E-state index in [1.165, 1.54) is 0 Å². The zero-order valence-corrected chi connectivity index (χ0v) is 16.6. The maximum absolute atomic E-state index is 11.9. The van der Waals surface area contributed by atoms with Crippen molar-refractivity contribution in [3.63, 3.8) is 0 Å². The molecule has 0 saturated carbocycles. The molecule has 27 heavy (non-hydrogen) atoms. The van der Waals surface area contributed by atoms with Crippen molar-refractivity contribution in [3.05, 3.63) is 52.5 Å². The Bertz CT molecular complexity index is 837. The predicted molar refractivity (Wildman–Crippen MR) is 106 cm³/mol. The van der Waals surface area contributed by atoms with Gasteiger partial charge in [-0.2, -0.15) is 5.10 Å². The first-order chi connectivity index (χ1) is 12.9. The standard InChI is InChI=1S/C20H23ClN2O4/c1-13-9-16(21)6-8-17(13)27-12-20(24)23-22-14(2)10-15-5-7-18(25-3)19(11-15)26-4/h5-9,11H,10,12H2,1-4H3,(H,23,24)/b22-14-. The number of carbonyl (C=O) groups is 1. The highest BCUT2D eigenvalue weighted by Gasteiger charge is 2.07. The predicted octanol–water partition coefficient (Wildman–Crippen LogP) is 3.78. The van der Waals surface area contributed by atoms with Crippen LogP contribution in [0.2, 0.25) is 5.02 Å². The van der Waals surface area contributed by atoms with Gasteiger partial charge in [-0.25, -0.2) is 5.43 Å². The molecule has 7 heteroatoms. The summed E-state index contributed by atoms with van der Waals surface area (Å²) in [7, 11) is 3.18. The summed E-state index contributed by atoms with van der Waals surface area (Å²) >= 11 is 5.90. The normalized spacial score (nSPS) is 11.1. The van der Waals surface area contributed by atoms with E-state index in [-0.39, 0.29) is 12.5 Å². The third kappa shape index (κ3) is 6.18. The molecule has 0 spiro atoms. The van der Waals surface area contributed by atoms with Gasteiger partial charge in [0.1, 0.15) is 5.75 Å². The topological polar surface area (TPSA) is 69.2 Å². The molecule has 2 aromatic carbocycles. The van der Waals surface area contributed by atoms with E-state index in [0.29, 0.717) is 28.7 Å². The summed E-state index contributed by atoms with van der Waals surface area (Å²) in [5, 5.41) is 4.73. The smallest absolute Gasteiger partial charge is 0.277 e. The molecule has 0 bridgehead atoms. The molecule has 0 aliphatic carbocycles. The fourth-order valence-corrected chi connectivity index (χ4v) is 2.66. The summed E-state index contributed by atoms with van der Waals surface area (Å²) in [6.45, 7) is 3.57. The highest BCUT2D eigenvalue weighted by molar-refractivity contribution is 6.30. The van der Waals surface area contributed by atoms with Crippen molar-refractivity contribution < 1.29 is 19.0 Å². The number of hydrazone groups is 1. The second-order valence-electron chi connectivity index (χ2n) is 5.95. The third-order valence-corrected chi connectivity index (χ3v) is 4.01. The van der Waals surface area contributed by atoms with Gasteiger partial charge in [-0.05, 0) is 55.3 Å². The third-order valence-electron chi connectivity index (χ3n) is 3.78. The maximum Gasteiger partial charge on any atom is 0.277 e. The molecule has 0 aromatic heterocycles. The molecule has 1 N–H and O–H groups in total. The first-order valence-corrected chi connectivity index (χ1v) is 8.72. The van der Waals surface area contributed by atoms with Crippen LogP contribution in [0.5, 0.6) is 17.2 Å². The number of hydrogen-bond donors (Lipinski definition) is 1. The number of aryl methyl sites for hydroxylation is 1. The minimum atomic E-state index is -0.337. The average molecular weight is 391 g/mol. The maximum atomic E-state index is 11.9. The Hall–Kier alpha value is -2.73. The summed E-state index contributed by atoms with van der Waals surface area (Å²) < 4.78 is 16.0. The fourth-order valence-electron chi connectivity index (χ4n) is 2.43. The van der Waals surface area contributed by atoms with Crippen molar-refractivity contribution in [2.24, 2.45) is 5.10 Å². The van der Waals surface area contributed by atoms with Gasteiger partial charge < -0.3 is 14.2 Å². The van der Waals surface area contributed by atoms with Gasteiger partial charge >= 0.3 is 0 Å². The van der Waals surface area contributed by atoms with Crippen LogP contribution < -0.4 is 19.6 Å². The molecular weight excluding hydrogens is 368 g/mol. The molecule has 144 valence electrons. The van der Waals surface area contributed by atoms with Crippen molar-refractivity contribution >= 4 is 23.2 Å². The Kier molecular flexibility index (Phi) is 7.49. The number of halogens is 1. The van der Waals surface area contributed by atoms with Crippen molar-refractivity contribution in [2.75, 3.05) is 20.8 Å². The van der Waals surface area contributed by atoms with Crippen LogP contribution in [0, 0.1) is 6.92 Å². The Labute approximate surface area is 164 Å². The fraction of sp³-hybridized carbons (Fsp3) is 0.300. The molecule has 6 nitrogen and oxygen atoms in total. The van der Waals surface area contributed by atoms with Crippen LogP contribution in [0.1, 0.15) is 18.1 Å². The van der Waals surface area contributed by atoms with Gasteiger partial charge in [0.25, 0.3) is 5.91 Å². The van der Waals surface area contributed by atoms with E-state index in [1.54, 1.807) is 32.4 Å². The van der Waals surface area contributed by atoms with E-state index in [4.69, 9.17) is 25.8 Å². The summed E-state index contributed by atoms with van der Waals surface area (Å²) in [6, 6.07) is 10.9. The number of nitrogens with zero attached hydrogens (tertiary/aromatic N) is 1. The number of hydrogen-bond acceptors (Lipinski definition) is 5. The van der Waals surface area contributed by atoms with Crippen molar-refractivity contribution in [1.82, 2.24) is 5.43 Å². The molecule has 0 aliphatic heterocycles. The second-order valence-corrected chi connectivity index (χ2v) is 6.38. The quantitative estimate of drug-likeness (QED) is 0.550. The monoisotopic (exact) mass is 390 g/mol. The van der Waals surface area contributed by atoms with E-state index in [0.717, 1.165) is 16.8 Å². The van der Waals surface area contributed by atoms with E-state index >= 15 is 0 Å². The molecule has 0 atom stereocenters. The molecule has 2 rings (SSSR count). The van der Waals surface area contributed by atoms with Gasteiger partial charge in [0, 0.05) is 17.2 Å². The second kappa shape index (κ2) is 9.83. The van der Waals surface area contributed by atoms with Crippen LogP contribution in [0.4, 0.5) is 0 Å². The van der Waals surface area contributed by atoms with E-state index in [1.807, 2.05) is 32.0 Å². The zero-order valence-electron chi connectivity index (χ0n) is 15.8. The van der Waals surface area contributed by atoms with Gasteiger partial charge in [0.05, 0.1) is 14.2 Å². The first kappa shape index (κ1) is 20.6. The zero-order chi connectivity index (χ0) is 19.8. The van der Waals surface area contributed by atoms with Gasteiger partial charge in [0.15, 0.2) is 18.1 Å². The van der Waals surface area contributed by atoms with Gasteiger partial charge in [-0.1, -0.05) is 17.7 Å². The Balaban J connectivity index is 1.88. The molecule has 0 unspecified atom stereocenters. The average Bonchev–Trinajstić information content (AvgIpc) is 2.65. The molecule has 1 amide bonds. The minimum Gasteiger partial charge on any atom is -0.493 e. The summed E-state index contributed by atoms with van der Waals surface area (Å²) in [4.78, 5) is 11.9. The molecule has 0 saturated heterocycles. The SMILES string of the molecule is COc1ccc(C/C(C)=N\NC(=O)COc2ccc(Cl)cc2C)cc1OC. The lowest BCUT2D eigenvalue weighted by molar-refractivity contribution is -0.123. The van der Waals surface area contributed by atoms with Crippen molar-refractivity contribution in [1.29, 1.82) is 0 Å². The summed E-state index contributed by atoms with van der Waals surface area (Å²) in [5.41, 5.74) is 5.11. The lowest BCUT2D eigenvalue weighted by Crippen LogP contribution is -2.25. The van der Waals surface area contributed by atoms with Crippen LogP contribution in [-0.4, -0.2) is 32.4 Å². The van der Waals surface area contributed by atoms with Gasteiger partial charge in [-0.3, -0.25) is 4.79 Å².